The van der Waals surface area contributed by atoms with Gasteiger partial charge < -0.3 is 25.0 Å². The lowest BCUT2D eigenvalue weighted by molar-refractivity contribution is -0.129. The van der Waals surface area contributed by atoms with Crippen LogP contribution in [0.25, 0.3) is 6.08 Å². The van der Waals surface area contributed by atoms with E-state index < -0.39 is 13.1 Å². The van der Waals surface area contributed by atoms with Crippen LogP contribution in [-0.4, -0.2) is 59.5 Å². The summed E-state index contributed by atoms with van der Waals surface area (Å²) in [7, 11) is -1.69. The molecule has 1 fully saturated rings. The molecular formula is C24H26BN3O5. The summed E-state index contributed by atoms with van der Waals surface area (Å²) in [6.07, 6.45) is 2.79. The lowest BCUT2D eigenvalue weighted by Crippen LogP contribution is -2.48. The van der Waals surface area contributed by atoms with E-state index in [2.05, 4.69) is 5.32 Å². The third kappa shape index (κ3) is 7.21. The Bertz CT molecular complexity index is 1030. The van der Waals surface area contributed by atoms with Gasteiger partial charge in [-0.15, -0.1) is 0 Å². The van der Waals surface area contributed by atoms with Crippen LogP contribution in [0.4, 0.5) is 0 Å². The van der Waals surface area contributed by atoms with Crippen molar-refractivity contribution in [1.29, 1.82) is 5.26 Å². The molecule has 0 bridgehead atoms. The number of nitrogens with one attached hydrogen (secondary N) is 1. The lowest BCUT2D eigenvalue weighted by atomic mass is 9.76. The molecule has 9 heteroatoms. The van der Waals surface area contributed by atoms with Crippen molar-refractivity contribution in [3.63, 3.8) is 0 Å². The summed E-state index contributed by atoms with van der Waals surface area (Å²) in [5.41, 5.74) is 1.59. The first-order valence-electron chi connectivity index (χ1n) is 10.8. The molecule has 33 heavy (non-hydrogen) atoms. The van der Waals surface area contributed by atoms with Gasteiger partial charge in [-0.05, 0) is 42.2 Å². The summed E-state index contributed by atoms with van der Waals surface area (Å²) in [4.78, 5) is 26.2. The van der Waals surface area contributed by atoms with Gasteiger partial charge in [0.1, 0.15) is 17.4 Å². The lowest BCUT2D eigenvalue weighted by Gasteiger charge is -2.30. The van der Waals surface area contributed by atoms with E-state index in [-0.39, 0.29) is 36.8 Å². The van der Waals surface area contributed by atoms with Gasteiger partial charge in [-0.3, -0.25) is 9.59 Å². The Morgan fingerprint density at radius 1 is 1.18 bits per heavy atom. The highest BCUT2D eigenvalue weighted by atomic mass is 16.5. The van der Waals surface area contributed by atoms with E-state index in [1.807, 2.05) is 36.4 Å². The summed E-state index contributed by atoms with van der Waals surface area (Å²) in [6.45, 7) is 1.42. The molecule has 8 nitrogen and oxygen atoms in total. The van der Waals surface area contributed by atoms with Gasteiger partial charge in [0.15, 0.2) is 0 Å². The van der Waals surface area contributed by atoms with Crippen LogP contribution in [0.5, 0.6) is 5.75 Å². The molecule has 0 radical (unpaired) electrons. The van der Waals surface area contributed by atoms with Crippen molar-refractivity contribution in [3.8, 4) is 11.8 Å². The molecular weight excluding hydrogens is 421 g/mol. The second-order valence-electron chi connectivity index (χ2n) is 7.76. The summed E-state index contributed by atoms with van der Waals surface area (Å²) >= 11 is 0. The second kappa shape index (κ2) is 11.9. The quantitative estimate of drug-likeness (QED) is 0.287. The molecule has 1 aliphatic rings. The van der Waals surface area contributed by atoms with Gasteiger partial charge in [0.2, 0.25) is 5.91 Å². The third-order valence-corrected chi connectivity index (χ3v) is 5.27. The van der Waals surface area contributed by atoms with Crippen molar-refractivity contribution >= 4 is 25.0 Å². The number of nitrogens with zero attached hydrogens (tertiary/aromatic N) is 2. The van der Waals surface area contributed by atoms with E-state index in [0.717, 1.165) is 12.0 Å². The number of ether oxygens (including phenoxy) is 1. The number of benzene rings is 2. The van der Waals surface area contributed by atoms with Gasteiger partial charge in [-0.1, -0.05) is 42.5 Å². The second-order valence-corrected chi connectivity index (χ2v) is 7.76. The molecule has 2 amide bonds. The highest BCUT2D eigenvalue weighted by Crippen LogP contribution is 2.18. The first-order chi connectivity index (χ1) is 16.0. The van der Waals surface area contributed by atoms with Gasteiger partial charge >= 0.3 is 7.12 Å². The number of hydrogen-bond donors (Lipinski definition) is 3. The minimum Gasteiger partial charge on any atom is -0.493 e. The SMILES string of the molecule is N#CC(=Cc1cccc(OCCC(=O)N[C@@H](Cc2ccccc2)B(O)O)c1)C(=O)N1CCC1. The fourth-order valence-electron chi connectivity index (χ4n) is 3.33. The molecule has 1 saturated heterocycles. The smallest absolute Gasteiger partial charge is 0.475 e. The Kier molecular flexibility index (Phi) is 8.64. The highest BCUT2D eigenvalue weighted by Gasteiger charge is 2.25. The molecule has 0 aliphatic carbocycles. The molecule has 1 heterocycles. The van der Waals surface area contributed by atoms with E-state index in [9.17, 15) is 24.9 Å². The molecule has 3 rings (SSSR count). The molecule has 0 spiro atoms. The van der Waals surface area contributed by atoms with E-state index in [0.29, 0.717) is 24.4 Å². The summed E-state index contributed by atoms with van der Waals surface area (Å²) in [6, 6.07) is 18.1. The zero-order chi connectivity index (χ0) is 23.6. The van der Waals surface area contributed by atoms with Crippen molar-refractivity contribution in [1.82, 2.24) is 10.2 Å². The third-order valence-electron chi connectivity index (χ3n) is 5.27. The largest absolute Gasteiger partial charge is 0.493 e. The average molecular weight is 447 g/mol. The van der Waals surface area contributed by atoms with Crippen LogP contribution >= 0.6 is 0 Å². The first kappa shape index (κ1) is 24.0. The standard InChI is InChI=1S/C24H26BN3O5/c26-17-20(24(30)28-11-5-12-28)14-19-8-4-9-21(15-19)33-13-10-23(29)27-22(25(31)32)16-18-6-2-1-3-7-18/h1-4,6-9,14-15,22,31-32H,5,10-13,16H2,(H,27,29)/t22-/m0/s1. The van der Waals surface area contributed by atoms with Crippen LogP contribution in [0, 0.1) is 11.3 Å². The fraction of sp³-hybridized carbons (Fsp3) is 0.292. The number of nitriles is 1. The number of carbonyl (C=O) groups excluding carboxylic acids is 2. The van der Waals surface area contributed by atoms with E-state index in [1.54, 1.807) is 29.2 Å². The number of amides is 2. The van der Waals surface area contributed by atoms with Crippen LogP contribution < -0.4 is 10.1 Å². The molecule has 0 aromatic heterocycles. The van der Waals surface area contributed by atoms with Gasteiger partial charge in [0.05, 0.1) is 19.0 Å². The monoisotopic (exact) mass is 447 g/mol. The highest BCUT2D eigenvalue weighted by molar-refractivity contribution is 6.43. The van der Waals surface area contributed by atoms with Crippen LogP contribution in [0.2, 0.25) is 0 Å². The molecule has 1 aliphatic heterocycles. The van der Waals surface area contributed by atoms with E-state index in [4.69, 9.17) is 4.74 Å². The molecule has 1 atom stereocenters. The maximum absolute atomic E-state index is 12.3. The van der Waals surface area contributed by atoms with Crippen LogP contribution in [0.1, 0.15) is 24.0 Å². The molecule has 2 aromatic carbocycles. The van der Waals surface area contributed by atoms with Crippen molar-refractivity contribution in [2.45, 2.75) is 25.2 Å². The Morgan fingerprint density at radius 2 is 1.94 bits per heavy atom. The zero-order valence-corrected chi connectivity index (χ0v) is 18.2. The molecule has 170 valence electrons. The topological polar surface area (TPSA) is 123 Å². The molecule has 2 aromatic rings. The Hall–Kier alpha value is -3.61. The van der Waals surface area contributed by atoms with E-state index >= 15 is 0 Å². The van der Waals surface area contributed by atoms with Crippen LogP contribution in [-0.2, 0) is 16.0 Å². The van der Waals surface area contributed by atoms with Crippen LogP contribution in [0.3, 0.4) is 0 Å². The van der Waals surface area contributed by atoms with Gasteiger partial charge in [-0.25, -0.2) is 0 Å². The number of hydrogen-bond acceptors (Lipinski definition) is 6. The number of carbonyl (C=O) groups is 2. The number of rotatable bonds is 10. The van der Waals surface area contributed by atoms with Crippen molar-refractivity contribution in [2.75, 3.05) is 19.7 Å². The van der Waals surface area contributed by atoms with Gasteiger partial charge in [-0.2, -0.15) is 5.26 Å². The maximum atomic E-state index is 12.3. The molecule has 0 unspecified atom stereocenters. The normalized spacial score (nSPS) is 14.0. The Balaban J connectivity index is 1.51. The first-order valence-corrected chi connectivity index (χ1v) is 10.8. The average Bonchev–Trinajstić information content (AvgIpc) is 2.76. The minimum atomic E-state index is -1.69. The molecule has 3 N–H and O–H groups in total. The van der Waals surface area contributed by atoms with Crippen molar-refractivity contribution in [3.05, 3.63) is 71.3 Å². The van der Waals surface area contributed by atoms with Crippen LogP contribution in [0.15, 0.2) is 60.2 Å². The predicted octanol–water partition coefficient (Wildman–Crippen LogP) is 1.33. The van der Waals surface area contributed by atoms with Gasteiger partial charge in [0.25, 0.3) is 5.91 Å². The van der Waals surface area contributed by atoms with Crippen molar-refractivity contribution in [2.24, 2.45) is 0 Å². The summed E-state index contributed by atoms with van der Waals surface area (Å²) in [5.74, 6) is -0.982. The summed E-state index contributed by atoms with van der Waals surface area (Å²) in [5, 5.41) is 31.1. The van der Waals surface area contributed by atoms with E-state index in [1.165, 1.54) is 6.08 Å². The summed E-state index contributed by atoms with van der Waals surface area (Å²) < 4.78 is 5.64. The Labute approximate surface area is 193 Å². The van der Waals surface area contributed by atoms with Crippen molar-refractivity contribution < 1.29 is 24.4 Å². The van der Waals surface area contributed by atoms with Gasteiger partial charge in [0, 0.05) is 13.1 Å². The zero-order valence-electron chi connectivity index (χ0n) is 18.2. The molecule has 0 saturated carbocycles. The fourth-order valence-corrected chi connectivity index (χ4v) is 3.33. The predicted molar refractivity (Wildman–Crippen MR) is 124 cm³/mol. The maximum Gasteiger partial charge on any atom is 0.475 e. The Morgan fingerprint density at radius 3 is 2.58 bits per heavy atom. The number of likely N-dealkylation sites (tertiary alicyclic amines) is 1. The minimum absolute atomic E-state index is 0.0228.